The van der Waals surface area contributed by atoms with Gasteiger partial charge in [-0.25, -0.2) is 9.69 Å². The lowest BCUT2D eigenvalue weighted by atomic mass is 10.1. The zero-order valence-corrected chi connectivity index (χ0v) is 15.8. The van der Waals surface area contributed by atoms with Crippen molar-refractivity contribution in [3.8, 4) is 0 Å². The summed E-state index contributed by atoms with van der Waals surface area (Å²) >= 11 is 6.27. The Morgan fingerprint density at radius 1 is 0.960 bits per heavy atom. The van der Waals surface area contributed by atoms with Crippen LogP contribution in [-0.4, -0.2) is 25.3 Å². The Morgan fingerprint density at radius 2 is 1.48 bits per heavy atom. The average molecular weight is 481 g/mol. The van der Waals surface area contributed by atoms with Crippen LogP contribution in [0.1, 0.15) is 20.7 Å². The van der Waals surface area contributed by atoms with Gasteiger partial charge in [-0.05, 0) is 42.5 Å². The SMILES string of the molecule is COC(=O)c1ccc(N(C(=O)c2cc(Br)cc(Br)c2)C(F)(F)F)cc1. The first-order chi connectivity index (χ1) is 11.6. The lowest BCUT2D eigenvalue weighted by molar-refractivity contribution is -0.122. The van der Waals surface area contributed by atoms with Gasteiger partial charge in [0.05, 0.1) is 18.4 Å². The van der Waals surface area contributed by atoms with Gasteiger partial charge >= 0.3 is 12.3 Å². The van der Waals surface area contributed by atoms with Crippen molar-refractivity contribution < 1.29 is 27.5 Å². The van der Waals surface area contributed by atoms with E-state index in [1.54, 1.807) is 6.07 Å². The number of carbonyl (C=O) groups is 2. The van der Waals surface area contributed by atoms with Crippen LogP contribution in [-0.2, 0) is 4.74 Å². The minimum atomic E-state index is -4.95. The van der Waals surface area contributed by atoms with Crippen molar-refractivity contribution in [1.82, 2.24) is 0 Å². The molecule has 0 unspecified atom stereocenters. The van der Waals surface area contributed by atoms with Crippen LogP contribution in [0.15, 0.2) is 51.4 Å². The molecule has 132 valence electrons. The molecule has 0 bridgehead atoms. The molecule has 0 spiro atoms. The molecule has 0 heterocycles. The Kier molecular flexibility index (Phi) is 5.89. The molecule has 9 heteroatoms. The van der Waals surface area contributed by atoms with E-state index >= 15 is 0 Å². The second-order valence-corrected chi connectivity index (χ2v) is 6.64. The van der Waals surface area contributed by atoms with Crippen molar-refractivity contribution >= 4 is 49.4 Å². The van der Waals surface area contributed by atoms with E-state index in [1.807, 2.05) is 0 Å². The third-order valence-electron chi connectivity index (χ3n) is 3.11. The van der Waals surface area contributed by atoms with Crippen LogP contribution in [0.4, 0.5) is 18.9 Å². The van der Waals surface area contributed by atoms with E-state index in [0.717, 1.165) is 31.4 Å². The molecule has 2 rings (SSSR count). The summed E-state index contributed by atoms with van der Waals surface area (Å²) in [7, 11) is 1.16. The second kappa shape index (κ2) is 7.57. The predicted octanol–water partition coefficient (Wildman–Crippen LogP) is 5.16. The molecular weight excluding hydrogens is 471 g/mol. The smallest absolute Gasteiger partial charge is 0.465 e. The number of esters is 1. The van der Waals surface area contributed by atoms with Gasteiger partial charge < -0.3 is 4.74 Å². The number of nitrogens with zero attached hydrogens (tertiary/aromatic N) is 1. The van der Waals surface area contributed by atoms with E-state index in [9.17, 15) is 22.8 Å². The third-order valence-corrected chi connectivity index (χ3v) is 4.03. The maximum absolute atomic E-state index is 13.5. The summed E-state index contributed by atoms with van der Waals surface area (Å²) in [6.45, 7) is 0. The first kappa shape index (κ1) is 19.5. The highest BCUT2D eigenvalue weighted by molar-refractivity contribution is 9.11. The van der Waals surface area contributed by atoms with Gasteiger partial charge in [0.25, 0.3) is 5.91 Å². The Morgan fingerprint density at radius 3 is 1.92 bits per heavy atom. The summed E-state index contributed by atoms with van der Waals surface area (Å²) in [6, 6.07) is 8.55. The molecule has 0 aliphatic heterocycles. The van der Waals surface area contributed by atoms with Crippen LogP contribution in [0, 0.1) is 0 Å². The lowest BCUT2D eigenvalue weighted by Gasteiger charge is -2.25. The van der Waals surface area contributed by atoms with E-state index in [0.29, 0.717) is 8.95 Å². The van der Waals surface area contributed by atoms with Crippen molar-refractivity contribution in [1.29, 1.82) is 0 Å². The number of carbonyl (C=O) groups excluding carboxylic acids is 2. The van der Waals surface area contributed by atoms with Crippen LogP contribution in [0.3, 0.4) is 0 Å². The monoisotopic (exact) mass is 479 g/mol. The molecule has 0 aromatic heterocycles. The lowest BCUT2D eigenvalue weighted by Crippen LogP contribution is -2.43. The number of alkyl halides is 3. The van der Waals surface area contributed by atoms with Crippen molar-refractivity contribution in [3.63, 3.8) is 0 Å². The summed E-state index contributed by atoms with van der Waals surface area (Å²) in [5, 5.41) is 0. The fourth-order valence-corrected chi connectivity index (χ4v) is 3.34. The van der Waals surface area contributed by atoms with E-state index in [4.69, 9.17) is 0 Å². The minimum absolute atomic E-state index is 0.0750. The number of ether oxygens (including phenoxy) is 1. The number of anilines is 1. The maximum Gasteiger partial charge on any atom is 0.491 e. The fraction of sp³-hybridized carbons (Fsp3) is 0.125. The highest BCUT2D eigenvalue weighted by Gasteiger charge is 2.42. The number of amides is 1. The largest absolute Gasteiger partial charge is 0.491 e. The molecule has 2 aromatic rings. The summed E-state index contributed by atoms with van der Waals surface area (Å²) in [5.41, 5.74) is -0.497. The maximum atomic E-state index is 13.5. The zero-order valence-electron chi connectivity index (χ0n) is 12.6. The fourth-order valence-electron chi connectivity index (χ4n) is 2.05. The molecule has 0 fully saturated rings. The van der Waals surface area contributed by atoms with E-state index in [1.165, 1.54) is 12.1 Å². The normalized spacial score (nSPS) is 11.1. The van der Waals surface area contributed by atoms with Gasteiger partial charge in [-0.15, -0.1) is 13.2 Å². The molecule has 0 aliphatic rings. The Balaban J connectivity index is 2.46. The summed E-state index contributed by atoms with van der Waals surface area (Å²) in [6.07, 6.45) is -4.95. The molecule has 0 aliphatic carbocycles. The molecule has 0 N–H and O–H groups in total. The van der Waals surface area contributed by atoms with Gasteiger partial charge in [-0.3, -0.25) is 4.79 Å². The highest BCUT2D eigenvalue weighted by Crippen LogP contribution is 2.32. The van der Waals surface area contributed by atoms with E-state index in [-0.39, 0.29) is 16.0 Å². The van der Waals surface area contributed by atoms with Crippen LogP contribution in [0.5, 0.6) is 0 Å². The Hall–Kier alpha value is -1.87. The molecule has 4 nitrogen and oxygen atoms in total. The van der Waals surface area contributed by atoms with Crippen LogP contribution >= 0.6 is 31.9 Å². The molecule has 0 saturated carbocycles. The molecule has 2 aromatic carbocycles. The highest BCUT2D eigenvalue weighted by atomic mass is 79.9. The number of halogens is 5. The number of rotatable bonds is 3. The first-order valence-corrected chi connectivity index (χ1v) is 8.28. The molecule has 25 heavy (non-hydrogen) atoms. The van der Waals surface area contributed by atoms with Gasteiger partial charge in [0.1, 0.15) is 0 Å². The number of hydrogen-bond acceptors (Lipinski definition) is 3. The molecule has 0 atom stereocenters. The van der Waals surface area contributed by atoms with Crippen molar-refractivity contribution in [2.45, 2.75) is 6.30 Å². The number of benzene rings is 2. The molecular formula is C16H10Br2F3NO3. The first-order valence-electron chi connectivity index (χ1n) is 6.69. The van der Waals surface area contributed by atoms with Gasteiger partial charge in [0, 0.05) is 14.5 Å². The van der Waals surface area contributed by atoms with Gasteiger partial charge in [0.15, 0.2) is 0 Å². The number of hydrogen-bond donors (Lipinski definition) is 0. The average Bonchev–Trinajstić information content (AvgIpc) is 2.52. The van der Waals surface area contributed by atoms with Crippen molar-refractivity contribution in [2.24, 2.45) is 0 Å². The van der Waals surface area contributed by atoms with Crippen LogP contribution in [0.25, 0.3) is 0 Å². The van der Waals surface area contributed by atoms with Gasteiger partial charge in [-0.1, -0.05) is 31.9 Å². The summed E-state index contributed by atoms with van der Waals surface area (Å²) in [5.74, 6) is -1.94. The minimum Gasteiger partial charge on any atom is -0.465 e. The Labute approximate surface area is 157 Å². The van der Waals surface area contributed by atoms with Crippen molar-refractivity contribution in [2.75, 3.05) is 12.0 Å². The van der Waals surface area contributed by atoms with Gasteiger partial charge in [0.2, 0.25) is 0 Å². The zero-order chi connectivity index (χ0) is 18.8. The topological polar surface area (TPSA) is 46.6 Å². The standard InChI is InChI=1S/C16H10Br2F3NO3/c1-25-15(24)9-2-4-13(5-3-9)22(16(19,20)21)14(23)10-6-11(17)8-12(18)7-10/h2-8H,1H3. The van der Waals surface area contributed by atoms with Crippen LogP contribution in [0.2, 0.25) is 0 Å². The summed E-state index contributed by atoms with van der Waals surface area (Å²) in [4.78, 5) is 23.5. The van der Waals surface area contributed by atoms with Crippen LogP contribution < -0.4 is 4.90 Å². The van der Waals surface area contributed by atoms with E-state index < -0.39 is 23.9 Å². The molecule has 0 saturated heterocycles. The predicted molar refractivity (Wildman–Crippen MR) is 92.5 cm³/mol. The quantitative estimate of drug-likeness (QED) is 0.450. The van der Waals surface area contributed by atoms with E-state index in [2.05, 4.69) is 36.6 Å². The van der Waals surface area contributed by atoms with Gasteiger partial charge in [-0.2, -0.15) is 0 Å². The molecule has 1 amide bonds. The number of methoxy groups -OCH3 is 1. The second-order valence-electron chi connectivity index (χ2n) is 4.80. The Bertz CT molecular complexity index is 787. The molecule has 0 radical (unpaired) electrons. The third kappa shape index (κ3) is 4.60. The summed E-state index contributed by atoms with van der Waals surface area (Å²) < 4.78 is 45.8. The van der Waals surface area contributed by atoms with Crippen molar-refractivity contribution in [3.05, 3.63) is 62.5 Å².